The SMILES string of the molecule is C[C@H](Nc1nc(N)nc(N)c1C#N)c1nc2cccc(Cl)c2c(=O)n1[C@H]1CCCN(C(=O)OC(C)(C)C)C1. The van der Waals surface area contributed by atoms with E-state index in [-0.39, 0.29) is 45.7 Å². The smallest absolute Gasteiger partial charge is 0.410 e. The van der Waals surface area contributed by atoms with Gasteiger partial charge in [0.1, 0.15) is 28.9 Å². The van der Waals surface area contributed by atoms with Gasteiger partial charge in [0.25, 0.3) is 5.56 Å². The number of hydrogen-bond acceptors (Lipinski definition) is 10. The summed E-state index contributed by atoms with van der Waals surface area (Å²) in [7, 11) is 0. The Morgan fingerprint density at radius 1 is 1.29 bits per heavy atom. The summed E-state index contributed by atoms with van der Waals surface area (Å²) in [4.78, 5) is 41.1. The zero-order chi connectivity index (χ0) is 27.8. The van der Waals surface area contributed by atoms with Crippen LogP contribution in [0.15, 0.2) is 23.0 Å². The highest BCUT2D eigenvalue weighted by atomic mass is 35.5. The number of piperidine rings is 1. The van der Waals surface area contributed by atoms with E-state index < -0.39 is 23.8 Å². The Hall–Kier alpha value is -4.11. The molecule has 1 saturated heterocycles. The molecule has 1 amide bonds. The molecular weight excluding hydrogens is 510 g/mol. The van der Waals surface area contributed by atoms with Crippen LogP contribution in [0, 0.1) is 11.3 Å². The molecule has 13 heteroatoms. The summed E-state index contributed by atoms with van der Waals surface area (Å²) >= 11 is 6.43. The molecule has 2 aromatic heterocycles. The normalized spacial score (nSPS) is 16.6. The summed E-state index contributed by atoms with van der Waals surface area (Å²) in [6.45, 7) is 7.96. The van der Waals surface area contributed by atoms with Crippen molar-refractivity contribution in [1.82, 2.24) is 24.4 Å². The first-order chi connectivity index (χ1) is 17.9. The molecule has 200 valence electrons. The molecule has 1 aromatic carbocycles. The van der Waals surface area contributed by atoms with Crippen LogP contribution in [0.2, 0.25) is 5.02 Å². The number of benzene rings is 1. The van der Waals surface area contributed by atoms with E-state index in [2.05, 4.69) is 15.3 Å². The lowest BCUT2D eigenvalue weighted by Crippen LogP contribution is -2.46. The molecule has 0 radical (unpaired) electrons. The van der Waals surface area contributed by atoms with E-state index in [4.69, 9.17) is 32.8 Å². The van der Waals surface area contributed by atoms with Gasteiger partial charge in [-0.05, 0) is 52.7 Å². The van der Waals surface area contributed by atoms with Gasteiger partial charge in [-0.25, -0.2) is 9.78 Å². The van der Waals surface area contributed by atoms with Crippen molar-refractivity contribution in [3.05, 3.63) is 45.0 Å². The summed E-state index contributed by atoms with van der Waals surface area (Å²) in [5, 5.41) is 13.3. The topological polar surface area (TPSA) is 178 Å². The Labute approximate surface area is 224 Å². The standard InChI is InChI=1S/C25H30ClN9O3/c1-13(30-20-15(11-27)19(28)32-23(29)33-20)21-31-17-9-5-8-16(26)18(17)22(36)35(21)14-7-6-10-34(12-14)24(37)38-25(2,3)4/h5,8-9,13-14H,6-7,10,12H2,1-4H3,(H5,28,29,30,32,33)/t13-,14-/m0/s1. The fraction of sp³-hybridized carbons (Fsp3) is 0.440. The monoisotopic (exact) mass is 539 g/mol. The molecule has 5 N–H and O–H groups in total. The fourth-order valence-corrected chi connectivity index (χ4v) is 4.77. The molecule has 1 aliphatic rings. The maximum Gasteiger partial charge on any atom is 0.410 e. The van der Waals surface area contributed by atoms with Gasteiger partial charge in [-0.3, -0.25) is 9.36 Å². The number of fused-ring (bicyclic) bond motifs is 1. The molecule has 0 bridgehead atoms. The van der Waals surface area contributed by atoms with Crippen molar-refractivity contribution in [2.45, 2.75) is 58.2 Å². The third-order valence-electron chi connectivity index (χ3n) is 6.13. The van der Waals surface area contributed by atoms with Crippen molar-refractivity contribution in [1.29, 1.82) is 5.26 Å². The van der Waals surface area contributed by atoms with Gasteiger partial charge in [-0.2, -0.15) is 15.2 Å². The molecule has 0 unspecified atom stereocenters. The minimum Gasteiger partial charge on any atom is -0.444 e. The van der Waals surface area contributed by atoms with Crippen LogP contribution in [0.1, 0.15) is 64.0 Å². The number of amides is 1. The van der Waals surface area contributed by atoms with Crippen LogP contribution in [-0.4, -0.2) is 49.2 Å². The number of aromatic nitrogens is 4. The largest absolute Gasteiger partial charge is 0.444 e. The molecule has 12 nitrogen and oxygen atoms in total. The predicted molar refractivity (Wildman–Crippen MR) is 145 cm³/mol. The lowest BCUT2D eigenvalue weighted by molar-refractivity contribution is 0.0169. The maximum absolute atomic E-state index is 13.9. The van der Waals surface area contributed by atoms with Gasteiger partial charge in [0.2, 0.25) is 5.95 Å². The molecule has 0 spiro atoms. The highest BCUT2D eigenvalue weighted by Crippen LogP contribution is 2.30. The second-order valence-corrected chi connectivity index (χ2v) is 10.6. The third-order valence-corrected chi connectivity index (χ3v) is 6.44. The van der Waals surface area contributed by atoms with Crippen LogP contribution in [-0.2, 0) is 4.74 Å². The van der Waals surface area contributed by atoms with E-state index in [1.54, 1.807) is 55.4 Å². The zero-order valence-electron chi connectivity index (χ0n) is 21.7. The van der Waals surface area contributed by atoms with Gasteiger partial charge in [0.05, 0.1) is 28.0 Å². The number of nitrogen functional groups attached to an aromatic ring is 2. The van der Waals surface area contributed by atoms with E-state index in [0.717, 1.165) is 0 Å². The Bertz CT molecular complexity index is 1490. The second-order valence-electron chi connectivity index (χ2n) is 10.2. The molecule has 1 aliphatic heterocycles. The minimum atomic E-state index is -0.651. The Morgan fingerprint density at radius 2 is 2.03 bits per heavy atom. The molecule has 3 heterocycles. The number of nitrogens with one attached hydrogen (secondary N) is 1. The van der Waals surface area contributed by atoms with Gasteiger partial charge in [-0.1, -0.05) is 17.7 Å². The Morgan fingerprint density at radius 3 is 2.71 bits per heavy atom. The number of anilines is 3. The van der Waals surface area contributed by atoms with Crippen molar-refractivity contribution in [2.75, 3.05) is 29.9 Å². The summed E-state index contributed by atoms with van der Waals surface area (Å²) in [5.74, 6) is 0.328. The van der Waals surface area contributed by atoms with E-state index >= 15 is 0 Å². The number of nitrogens with two attached hydrogens (primary N) is 2. The van der Waals surface area contributed by atoms with Crippen molar-refractivity contribution < 1.29 is 9.53 Å². The van der Waals surface area contributed by atoms with Gasteiger partial charge in [0.15, 0.2) is 5.82 Å². The predicted octanol–water partition coefficient (Wildman–Crippen LogP) is 3.62. The lowest BCUT2D eigenvalue weighted by Gasteiger charge is -2.36. The van der Waals surface area contributed by atoms with Crippen LogP contribution in [0.3, 0.4) is 0 Å². The van der Waals surface area contributed by atoms with Gasteiger partial charge in [0, 0.05) is 13.1 Å². The van der Waals surface area contributed by atoms with Crippen molar-refractivity contribution in [3.63, 3.8) is 0 Å². The number of nitrogens with zero attached hydrogens (tertiary/aromatic N) is 6. The summed E-state index contributed by atoms with van der Waals surface area (Å²) in [6, 6.07) is 6.02. The Balaban J connectivity index is 1.80. The second kappa shape index (κ2) is 10.3. The summed E-state index contributed by atoms with van der Waals surface area (Å²) in [6.07, 6.45) is 0.851. The van der Waals surface area contributed by atoms with Crippen molar-refractivity contribution in [3.8, 4) is 6.07 Å². The number of carbonyl (C=O) groups excluding carboxylic acids is 1. The van der Waals surface area contributed by atoms with Crippen LogP contribution >= 0.6 is 11.6 Å². The third kappa shape index (κ3) is 5.43. The minimum absolute atomic E-state index is 0.0255. The summed E-state index contributed by atoms with van der Waals surface area (Å²) in [5.41, 5.74) is 11.1. The van der Waals surface area contributed by atoms with Crippen LogP contribution in [0.5, 0.6) is 0 Å². The molecule has 0 saturated carbocycles. The molecule has 3 aromatic rings. The number of rotatable bonds is 4. The first-order valence-electron chi connectivity index (χ1n) is 12.2. The first kappa shape index (κ1) is 26.9. The number of halogens is 1. The zero-order valence-corrected chi connectivity index (χ0v) is 22.4. The Kier molecular flexibility index (Phi) is 7.33. The lowest BCUT2D eigenvalue weighted by atomic mass is 10.0. The van der Waals surface area contributed by atoms with E-state index in [1.807, 2.05) is 6.07 Å². The molecule has 4 rings (SSSR count). The highest BCUT2D eigenvalue weighted by molar-refractivity contribution is 6.35. The molecule has 0 aliphatic carbocycles. The summed E-state index contributed by atoms with van der Waals surface area (Å²) < 4.78 is 7.14. The number of nitriles is 1. The van der Waals surface area contributed by atoms with Gasteiger partial charge in [-0.15, -0.1) is 0 Å². The highest BCUT2D eigenvalue weighted by Gasteiger charge is 2.32. The van der Waals surface area contributed by atoms with Gasteiger partial charge < -0.3 is 26.4 Å². The number of ether oxygens (including phenoxy) is 1. The number of carbonyl (C=O) groups is 1. The molecule has 1 fully saturated rings. The average molecular weight is 540 g/mol. The molecular formula is C25H30ClN9O3. The number of hydrogen-bond donors (Lipinski definition) is 3. The molecule has 2 atom stereocenters. The average Bonchev–Trinajstić information content (AvgIpc) is 2.82. The van der Waals surface area contributed by atoms with Crippen molar-refractivity contribution in [2.24, 2.45) is 0 Å². The quantitative estimate of drug-likeness (QED) is 0.443. The number of likely N-dealkylation sites (tertiary alicyclic amines) is 1. The van der Waals surface area contributed by atoms with Crippen LogP contribution in [0.4, 0.5) is 22.4 Å². The van der Waals surface area contributed by atoms with E-state index in [1.165, 1.54) is 0 Å². The van der Waals surface area contributed by atoms with Gasteiger partial charge >= 0.3 is 6.09 Å². The van der Waals surface area contributed by atoms with Crippen molar-refractivity contribution >= 4 is 46.2 Å². The molecule has 38 heavy (non-hydrogen) atoms. The van der Waals surface area contributed by atoms with E-state index in [9.17, 15) is 14.9 Å². The maximum atomic E-state index is 13.9. The van der Waals surface area contributed by atoms with Crippen LogP contribution < -0.4 is 22.3 Å². The van der Waals surface area contributed by atoms with E-state index in [0.29, 0.717) is 30.7 Å². The first-order valence-corrected chi connectivity index (χ1v) is 12.6. The van der Waals surface area contributed by atoms with Crippen LogP contribution in [0.25, 0.3) is 10.9 Å². The fourth-order valence-electron chi connectivity index (χ4n) is 4.52.